The van der Waals surface area contributed by atoms with Gasteiger partial charge < -0.3 is 9.47 Å². The first-order valence-electron chi connectivity index (χ1n) is 10.5. The highest BCUT2D eigenvalue weighted by atomic mass is 32.2. The van der Waals surface area contributed by atoms with Crippen LogP contribution in [0.2, 0.25) is 0 Å². The molecule has 0 aliphatic rings. The number of hydrogen-bond acceptors (Lipinski definition) is 7. The number of hydrogen-bond donors (Lipinski definition) is 0. The van der Waals surface area contributed by atoms with Crippen LogP contribution in [0.4, 0.5) is 5.13 Å². The summed E-state index contributed by atoms with van der Waals surface area (Å²) in [5.74, 6) is -0.235. The summed E-state index contributed by atoms with van der Waals surface area (Å²) in [7, 11) is -0.594. The van der Waals surface area contributed by atoms with Crippen LogP contribution in [0, 0.1) is 0 Å². The van der Waals surface area contributed by atoms with Crippen molar-refractivity contribution >= 4 is 42.4 Å². The Labute approximate surface area is 202 Å². The average molecular weight is 497 g/mol. The Balaban J connectivity index is 1.70. The highest BCUT2D eigenvalue weighted by molar-refractivity contribution is 7.91. The molecule has 9 heteroatoms. The molecule has 4 aromatic rings. The molecule has 1 amide bonds. The summed E-state index contributed by atoms with van der Waals surface area (Å²) >= 11 is 1.26. The smallest absolute Gasteiger partial charge is 0.244 e. The number of amides is 1. The van der Waals surface area contributed by atoms with Gasteiger partial charge in [0.2, 0.25) is 5.91 Å². The highest BCUT2D eigenvalue weighted by Gasteiger charge is 2.27. The van der Waals surface area contributed by atoms with Gasteiger partial charge in [-0.2, -0.15) is 0 Å². The van der Waals surface area contributed by atoms with Gasteiger partial charge >= 0.3 is 0 Å². The van der Waals surface area contributed by atoms with E-state index < -0.39 is 21.5 Å². The minimum absolute atomic E-state index is 0.185. The largest absolute Gasteiger partial charge is 0.495 e. The number of aromatic nitrogens is 1. The van der Waals surface area contributed by atoms with Crippen molar-refractivity contribution in [2.24, 2.45) is 0 Å². The van der Waals surface area contributed by atoms with Crippen LogP contribution in [-0.2, 0) is 26.9 Å². The van der Waals surface area contributed by atoms with Gasteiger partial charge in [0.15, 0.2) is 15.0 Å². The monoisotopic (exact) mass is 496 g/mol. The van der Waals surface area contributed by atoms with Crippen molar-refractivity contribution in [3.05, 3.63) is 83.9 Å². The third kappa shape index (κ3) is 5.37. The van der Waals surface area contributed by atoms with E-state index in [1.807, 2.05) is 36.4 Å². The van der Waals surface area contributed by atoms with Crippen molar-refractivity contribution in [2.45, 2.75) is 12.3 Å². The molecule has 0 saturated carbocycles. The Morgan fingerprint density at radius 1 is 0.882 bits per heavy atom. The van der Waals surface area contributed by atoms with E-state index in [-0.39, 0.29) is 12.3 Å². The van der Waals surface area contributed by atoms with Crippen LogP contribution in [0.5, 0.6) is 11.5 Å². The lowest BCUT2D eigenvalue weighted by molar-refractivity contribution is -0.116. The van der Waals surface area contributed by atoms with Crippen molar-refractivity contribution in [1.82, 2.24) is 4.98 Å². The van der Waals surface area contributed by atoms with Crippen LogP contribution in [0.15, 0.2) is 72.8 Å². The molecule has 1 heterocycles. The quantitative estimate of drug-likeness (QED) is 0.340. The molecule has 0 aliphatic heterocycles. The first-order valence-corrected chi connectivity index (χ1v) is 13.1. The molecule has 0 unspecified atom stereocenters. The maximum Gasteiger partial charge on any atom is 0.244 e. The summed E-state index contributed by atoms with van der Waals surface area (Å²) in [5.41, 5.74) is 2.05. The van der Waals surface area contributed by atoms with E-state index in [2.05, 4.69) is 4.98 Å². The van der Waals surface area contributed by atoms with E-state index >= 15 is 0 Å². The molecule has 0 radical (unpaired) electrons. The average Bonchev–Trinajstić information content (AvgIpc) is 3.27. The van der Waals surface area contributed by atoms with Crippen molar-refractivity contribution in [3.63, 3.8) is 0 Å². The number of ether oxygens (including phenoxy) is 2. The van der Waals surface area contributed by atoms with E-state index in [1.54, 1.807) is 50.6 Å². The van der Waals surface area contributed by atoms with Crippen molar-refractivity contribution in [2.75, 3.05) is 24.9 Å². The zero-order chi connectivity index (χ0) is 24.1. The van der Waals surface area contributed by atoms with E-state index in [0.717, 1.165) is 10.3 Å². The van der Waals surface area contributed by atoms with Gasteiger partial charge in [0.25, 0.3) is 0 Å². The molecule has 7 nitrogen and oxygen atoms in total. The van der Waals surface area contributed by atoms with E-state index in [1.165, 1.54) is 16.2 Å². The van der Waals surface area contributed by atoms with Crippen LogP contribution in [0.25, 0.3) is 10.2 Å². The number of anilines is 1. The number of rotatable bonds is 9. The molecule has 0 N–H and O–H groups in total. The summed E-state index contributed by atoms with van der Waals surface area (Å²) in [6.07, 6.45) is 0. The van der Waals surface area contributed by atoms with Crippen LogP contribution < -0.4 is 14.4 Å². The van der Waals surface area contributed by atoms with E-state index in [0.29, 0.717) is 27.7 Å². The number of methoxy groups -OCH3 is 2. The molecule has 176 valence electrons. The molecular weight excluding hydrogens is 472 g/mol. The molecule has 0 aliphatic carbocycles. The SMILES string of the molecule is COc1ccc(OC)c2sc(N(Cc3ccccc3)C(=O)CS(=O)(=O)Cc3ccccc3)nc12. The number of carbonyl (C=O) groups excluding carboxylic acids is 1. The number of carbonyl (C=O) groups is 1. The summed E-state index contributed by atoms with van der Waals surface area (Å²) in [5, 5.41) is 0.376. The zero-order valence-corrected chi connectivity index (χ0v) is 20.4. The Kier molecular flexibility index (Phi) is 7.14. The molecule has 0 fully saturated rings. The first kappa shape index (κ1) is 23.7. The van der Waals surface area contributed by atoms with Gasteiger partial charge in [-0.15, -0.1) is 0 Å². The predicted octanol–water partition coefficient (Wildman–Crippen LogP) is 4.46. The number of sulfone groups is 1. The third-order valence-corrected chi connectivity index (χ3v) is 7.74. The fourth-order valence-electron chi connectivity index (χ4n) is 3.56. The van der Waals surface area contributed by atoms with Gasteiger partial charge in [0.05, 0.1) is 26.5 Å². The first-order chi connectivity index (χ1) is 16.4. The summed E-state index contributed by atoms with van der Waals surface area (Å²) in [6.45, 7) is 0.185. The molecule has 1 aromatic heterocycles. The van der Waals surface area contributed by atoms with Gasteiger partial charge in [-0.1, -0.05) is 72.0 Å². The molecule has 34 heavy (non-hydrogen) atoms. The van der Waals surface area contributed by atoms with Gasteiger partial charge in [0.1, 0.15) is 27.5 Å². The second kappa shape index (κ2) is 10.2. The van der Waals surface area contributed by atoms with Gasteiger partial charge in [-0.25, -0.2) is 13.4 Å². The number of nitrogens with zero attached hydrogens (tertiary/aromatic N) is 2. The zero-order valence-electron chi connectivity index (χ0n) is 18.8. The molecule has 0 bridgehead atoms. The second-order valence-corrected chi connectivity index (χ2v) is 10.7. The van der Waals surface area contributed by atoms with E-state index in [9.17, 15) is 13.2 Å². The fourth-order valence-corrected chi connectivity index (χ4v) is 5.99. The predicted molar refractivity (Wildman–Crippen MR) is 134 cm³/mol. The second-order valence-electron chi connectivity index (χ2n) is 7.63. The van der Waals surface area contributed by atoms with Crippen LogP contribution in [0.3, 0.4) is 0 Å². The maximum absolute atomic E-state index is 13.4. The van der Waals surface area contributed by atoms with Gasteiger partial charge in [-0.05, 0) is 23.3 Å². The third-order valence-electron chi connectivity index (χ3n) is 5.19. The molecule has 0 saturated heterocycles. The Morgan fingerprint density at radius 2 is 1.47 bits per heavy atom. The fraction of sp³-hybridized carbons (Fsp3) is 0.200. The van der Waals surface area contributed by atoms with Crippen molar-refractivity contribution < 1.29 is 22.7 Å². The van der Waals surface area contributed by atoms with Crippen LogP contribution in [-0.4, -0.2) is 39.3 Å². The maximum atomic E-state index is 13.4. The molecular formula is C25H24N2O5S2. The molecule has 3 aromatic carbocycles. The minimum Gasteiger partial charge on any atom is -0.495 e. The van der Waals surface area contributed by atoms with Gasteiger partial charge in [0, 0.05) is 0 Å². The lowest BCUT2D eigenvalue weighted by Gasteiger charge is -2.20. The Morgan fingerprint density at radius 3 is 2.09 bits per heavy atom. The Bertz CT molecular complexity index is 1350. The number of fused-ring (bicyclic) bond motifs is 1. The normalized spacial score (nSPS) is 11.4. The van der Waals surface area contributed by atoms with Gasteiger partial charge in [-0.3, -0.25) is 9.69 Å². The summed E-state index contributed by atoms with van der Waals surface area (Å²) in [6, 6.07) is 21.7. The topological polar surface area (TPSA) is 85.8 Å². The standard InChI is InChI=1S/C25H24N2O5S2/c1-31-20-13-14-21(32-2)24-23(20)26-25(33-24)27(15-18-9-5-3-6-10-18)22(28)17-34(29,30)16-19-11-7-4-8-12-19/h3-14H,15-17H2,1-2H3. The van der Waals surface area contributed by atoms with Crippen molar-refractivity contribution in [3.8, 4) is 11.5 Å². The summed E-state index contributed by atoms with van der Waals surface area (Å²) in [4.78, 5) is 19.5. The Hall–Kier alpha value is -3.43. The summed E-state index contributed by atoms with van der Waals surface area (Å²) < 4.78 is 37.3. The molecule has 0 atom stereocenters. The minimum atomic E-state index is -3.70. The van der Waals surface area contributed by atoms with Crippen molar-refractivity contribution in [1.29, 1.82) is 0 Å². The molecule has 4 rings (SSSR count). The highest BCUT2D eigenvalue weighted by Crippen LogP contribution is 2.40. The lowest BCUT2D eigenvalue weighted by Crippen LogP contribution is -2.35. The van der Waals surface area contributed by atoms with Crippen LogP contribution >= 0.6 is 11.3 Å². The number of benzene rings is 3. The number of thiazole rings is 1. The lowest BCUT2D eigenvalue weighted by atomic mass is 10.2. The van der Waals surface area contributed by atoms with E-state index in [4.69, 9.17) is 9.47 Å². The molecule has 0 spiro atoms. The van der Waals surface area contributed by atoms with Crippen LogP contribution in [0.1, 0.15) is 11.1 Å².